The number of aliphatic hydroxyl groups excluding tert-OH is 1. The third-order valence-corrected chi connectivity index (χ3v) is 7.99. The Morgan fingerprint density at radius 2 is 2.27 bits per heavy atom. The fraction of sp³-hybridized carbons (Fsp3) is 0.500. The Labute approximate surface area is 202 Å². The number of amides is 1. The normalized spacial score (nSPS) is 32.1. The number of hydrogen-bond donors (Lipinski definition) is 3. The van der Waals surface area contributed by atoms with Crippen LogP contribution in [0.4, 0.5) is 0 Å². The molecule has 0 bridgehead atoms. The SMILES string of the molecule is CC(=O)NCCSC1CC(O)C(C)OC1O[C@@H]1C=CC2=Cc3ccc(CC#N)c(Cl)c3[C@]21O. The molecule has 1 saturated heterocycles. The standard InChI is InChI=1S/C24H27ClN2O5S/c1-13-18(29)12-19(33-10-9-27-14(2)28)23(31-13)32-20-6-5-17-11-16-4-3-15(7-8-26)22(25)21(16)24(17,20)30/h3-6,11,13,18-20,23,29-30H,7,9-10,12H2,1-2H3,(H,27,28)/t13?,18?,19?,20-,23?,24+/m1/s1. The van der Waals surface area contributed by atoms with Crippen molar-refractivity contribution >= 4 is 35.3 Å². The van der Waals surface area contributed by atoms with Crippen LogP contribution in [0.5, 0.6) is 0 Å². The maximum Gasteiger partial charge on any atom is 0.216 e. The summed E-state index contributed by atoms with van der Waals surface area (Å²) in [6, 6.07) is 5.77. The lowest BCUT2D eigenvalue weighted by molar-refractivity contribution is -0.242. The lowest BCUT2D eigenvalue weighted by Gasteiger charge is -2.41. The van der Waals surface area contributed by atoms with E-state index < -0.39 is 30.2 Å². The number of ether oxygens (including phenoxy) is 2. The molecule has 3 aliphatic rings. The molecule has 1 aliphatic heterocycles. The highest BCUT2D eigenvalue weighted by Crippen LogP contribution is 2.52. The van der Waals surface area contributed by atoms with Gasteiger partial charge in [0.25, 0.3) is 0 Å². The van der Waals surface area contributed by atoms with Crippen molar-refractivity contribution in [3.05, 3.63) is 51.6 Å². The van der Waals surface area contributed by atoms with E-state index in [-0.39, 0.29) is 17.6 Å². The highest BCUT2D eigenvalue weighted by Gasteiger charge is 2.52. The van der Waals surface area contributed by atoms with Gasteiger partial charge in [-0.2, -0.15) is 17.0 Å². The Bertz CT molecular complexity index is 1040. The van der Waals surface area contributed by atoms with Gasteiger partial charge in [-0.15, -0.1) is 0 Å². The van der Waals surface area contributed by atoms with Crippen LogP contribution in [-0.4, -0.2) is 58.3 Å². The lowest BCUT2D eigenvalue weighted by Crippen LogP contribution is -2.50. The molecule has 1 aromatic rings. The second-order valence-corrected chi connectivity index (χ2v) is 10.2. The van der Waals surface area contributed by atoms with E-state index in [0.29, 0.717) is 40.4 Å². The number of carbonyl (C=O) groups is 1. The second-order valence-electron chi connectivity index (χ2n) is 8.52. The number of nitrogens with zero attached hydrogens (tertiary/aromatic N) is 1. The monoisotopic (exact) mass is 490 g/mol. The molecule has 33 heavy (non-hydrogen) atoms. The smallest absolute Gasteiger partial charge is 0.216 e. The van der Waals surface area contributed by atoms with Crippen molar-refractivity contribution < 1.29 is 24.5 Å². The van der Waals surface area contributed by atoms with Gasteiger partial charge in [0, 0.05) is 24.8 Å². The molecule has 0 aromatic heterocycles. The Morgan fingerprint density at radius 3 is 3.00 bits per heavy atom. The van der Waals surface area contributed by atoms with E-state index in [0.717, 1.165) is 5.56 Å². The highest BCUT2D eigenvalue weighted by atomic mass is 35.5. The van der Waals surface area contributed by atoms with Crippen LogP contribution >= 0.6 is 23.4 Å². The third-order valence-electron chi connectivity index (χ3n) is 6.27. The second kappa shape index (κ2) is 9.79. The molecule has 176 valence electrons. The predicted molar refractivity (Wildman–Crippen MR) is 127 cm³/mol. The van der Waals surface area contributed by atoms with Crippen molar-refractivity contribution in [3.63, 3.8) is 0 Å². The van der Waals surface area contributed by atoms with Crippen molar-refractivity contribution in [2.45, 2.75) is 62.1 Å². The van der Waals surface area contributed by atoms with E-state index in [9.17, 15) is 15.0 Å². The fourth-order valence-electron chi connectivity index (χ4n) is 4.52. The van der Waals surface area contributed by atoms with Crippen molar-refractivity contribution in [2.75, 3.05) is 12.3 Å². The van der Waals surface area contributed by atoms with E-state index in [1.54, 1.807) is 30.8 Å². The molecule has 1 fully saturated rings. The van der Waals surface area contributed by atoms with Crippen molar-refractivity contribution in [1.29, 1.82) is 5.26 Å². The number of aliphatic hydroxyl groups is 2. The van der Waals surface area contributed by atoms with E-state index >= 15 is 0 Å². The van der Waals surface area contributed by atoms with Gasteiger partial charge in [0.1, 0.15) is 11.7 Å². The molecule has 4 unspecified atom stereocenters. The number of rotatable bonds is 7. The number of hydrogen-bond acceptors (Lipinski definition) is 7. The summed E-state index contributed by atoms with van der Waals surface area (Å²) in [5, 5.41) is 34.3. The van der Waals surface area contributed by atoms with Gasteiger partial charge in [0.15, 0.2) is 6.29 Å². The number of thioether (sulfide) groups is 1. The summed E-state index contributed by atoms with van der Waals surface area (Å²) in [6.07, 6.45) is 3.65. The first-order chi connectivity index (χ1) is 15.8. The topological polar surface area (TPSA) is 112 Å². The zero-order valence-corrected chi connectivity index (χ0v) is 20.0. The molecular weight excluding hydrogens is 464 g/mol. The molecular formula is C24H27ClN2O5S. The number of nitriles is 1. The Kier molecular flexibility index (Phi) is 7.20. The number of nitrogens with one attached hydrogen (secondary N) is 1. The summed E-state index contributed by atoms with van der Waals surface area (Å²) >= 11 is 8.20. The average Bonchev–Trinajstić information content (AvgIpc) is 3.22. The maximum atomic E-state index is 11.8. The van der Waals surface area contributed by atoms with Crippen molar-refractivity contribution in [3.8, 4) is 6.07 Å². The summed E-state index contributed by atoms with van der Waals surface area (Å²) in [4.78, 5) is 11.1. The van der Waals surface area contributed by atoms with Crippen LogP contribution in [0.2, 0.25) is 5.02 Å². The van der Waals surface area contributed by atoms with Crippen LogP contribution in [-0.2, 0) is 26.3 Å². The zero-order chi connectivity index (χ0) is 23.8. The molecule has 0 spiro atoms. The third kappa shape index (κ3) is 4.59. The molecule has 0 radical (unpaired) electrons. The van der Waals surface area contributed by atoms with E-state index in [2.05, 4.69) is 11.4 Å². The molecule has 1 heterocycles. The van der Waals surface area contributed by atoms with Gasteiger partial charge in [-0.1, -0.05) is 35.9 Å². The molecule has 7 nitrogen and oxygen atoms in total. The zero-order valence-electron chi connectivity index (χ0n) is 18.5. The van der Waals surface area contributed by atoms with Gasteiger partial charge >= 0.3 is 0 Å². The fourth-order valence-corrected chi connectivity index (χ4v) is 6.04. The van der Waals surface area contributed by atoms with Crippen LogP contribution in [0.1, 0.15) is 37.0 Å². The number of benzene rings is 1. The van der Waals surface area contributed by atoms with Gasteiger partial charge in [-0.25, -0.2) is 0 Å². The minimum Gasteiger partial charge on any atom is -0.390 e. The summed E-state index contributed by atoms with van der Waals surface area (Å²) in [5.41, 5.74) is 1.19. The Hall–Kier alpha value is -1.86. The van der Waals surface area contributed by atoms with Crippen LogP contribution in [0.25, 0.3) is 6.08 Å². The van der Waals surface area contributed by atoms with Gasteiger partial charge in [-0.3, -0.25) is 4.79 Å². The highest BCUT2D eigenvalue weighted by molar-refractivity contribution is 7.99. The first kappa shape index (κ1) is 24.3. The summed E-state index contributed by atoms with van der Waals surface area (Å²) in [6.45, 7) is 3.76. The molecule has 6 atom stereocenters. The number of halogens is 1. The Morgan fingerprint density at radius 1 is 1.48 bits per heavy atom. The van der Waals surface area contributed by atoms with Crippen LogP contribution in [0.3, 0.4) is 0 Å². The largest absolute Gasteiger partial charge is 0.390 e. The van der Waals surface area contributed by atoms with E-state index in [4.69, 9.17) is 26.3 Å². The maximum absolute atomic E-state index is 11.8. The van der Waals surface area contributed by atoms with Gasteiger partial charge in [0.2, 0.25) is 5.91 Å². The summed E-state index contributed by atoms with van der Waals surface area (Å²) in [5.74, 6) is 0.540. The van der Waals surface area contributed by atoms with Crippen LogP contribution < -0.4 is 5.32 Å². The first-order valence-corrected chi connectivity index (χ1v) is 12.3. The number of fused-ring (bicyclic) bond motifs is 3. The van der Waals surface area contributed by atoms with E-state index in [1.165, 1.54) is 6.92 Å². The van der Waals surface area contributed by atoms with Gasteiger partial charge in [-0.05, 0) is 36.1 Å². The Balaban J connectivity index is 1.55. The van der Waals surface area contributed by atoms with Crippen LogP contribution in [0, 0.1) is 11.3 Å². The predicted octanol–water partition coefficient (Wildman–Crippen LogP) is 2.68. The van der Waals surface area contributed by atoms with Crippen molar-refractivity contribution in [1.82, 2.24) is 5.32 Å². The quantitative estimate of drug-likeness (QED) is 0.504. The molecule has 3 N–H and O–H groups in total. The molecule has 0 saturated carbocycles. The minimum absolute atomic E-state index is 0.0953. The van der Waals surface area contributed by atoms with Gasteiger partial charge in [0.05, 0.1) is 35.0 Å². The number of carbonyl (C=O) groups excluding carboxylic acids is 1. The average molecular weight is 491 g/mol. The van der Waals surface area contributed by atoms with Crippen LogP contribution in [0.15, 0.2) is 29.9 Å². The lowest BCUT2D eigenvalue weighted by atomic mass is 9.87. The van der Waals surface area contributed by atoms with Crippen molar-refractivity contribution in [2.24, 2.45) is 0 Å². The summed E-state index contributed by atoms with van der Waals surface area (Å²) in [7, 11) is 0. The van der Waals surface area contributed by atoms with E-state index in [1.807, 2.05) is 18.2 Å². The first-order valence-electron chi connectivity index (χ1n) is 10.9. The molecule has 2 aliphatic carbocycles. The summed E-state index contributed by atoms with van der Waals surface area (Å²) < 4.78 is 12.4. The molecule has 4 rings (SSSR count). The minimum atomic E-state index is -1.48. The molecule has 1 aromatic carbocycles. The molecule has 1 amide bonds. The molecule has 9 heteroatoms. The van der Waals surface area contributed by atoms with Gasteiger partial charge < -0.3 is 25.0 Å².